The Bertz CT molecular complexity index is 1300. The standard InChI is InChI=1S/C23H21Cl2FN6S/c1-14-22(15(2)32(30-14)12-17-5-6-18(24)9-21(17)25)29-23(33)28-20-10-27-31(13-20)11-16-3-7-19(26)8-4-16/h3-10,13H,11-12H2,1-2H3,(H2,28,29,33). The van der Waals surface area contributed by atoms with Crippen LogP contribution < -0.4 is 10.6 Å². The maximum atomic E-state index is 13.1. The van der Waals surface area contributed by atoms with E-state index in [0.717, 1.165) is 33.9 Å². The zero-order valence-electron chi connectivity index (χ0n) is 17.9. The van der Waals surface area contributed by atoms with Gasteiger partial charge in [0.2, 0.25) is 0 Å². The van der Waals surface area contributed by atoms with Gasteiger partial charge in [0.05, 0.1) is 42.0 Å². The maximum Gasteiger partial charge on any atom is 0.175 e. The van der Waals surface area contributed by atoms with Gasteiger partial charge < -0.3 is 10.6 Å². The number of thiocarbonyl (C=S) groups is 1. The van der Waals surface area contributed by atoms with E-state index in [2.05, 4.69) is 20.8 Å². The number of nitrogens with zero attached hydrogens (tertiary/aromatic N) is 4. The molecule has 0 unspecified atom stereocenters. The largest absolute Gasteiger partial charge is 0.330 e. The van der Waals surface area contributed by atoms with Gasteiger partial charge in [-0.05, 0) is 61.5 Å². The zero-order valence-corrected chi connectivity index (χ0v) is 20.3. The third-order valence-electron chi connectivity index (χ3n) is 5.10. The number of nitrogens with one attached hydrogen (secondary N) is 2. The molecule has 2 aromatic heterocycles. The molecule has 0 saturated carbocycles. The lowest BCUT2D eigenvalue weighted by atomic mass is 10.2. The molecule has 0 aliphatic rings. The highest BCUT2D eigenvalue weighted by Gasteiger charge is 2.14. The van der Waals surface area contributed by atoms with Crippen molar-refractivity contribution in [2.45, 2.75) is 26.9 Å². The summed E-state index contributed by atoms with van der Waals surface area (Å²) in [7, 11) is 0. The number of hydrogen-bond donors (Lipinski definition) is 2. The van der Waals surface area contributed by atoms with Crippen LogP contribution in [0.15, 0.2) is 54.9 Å². The normalized spacial score (nSPS) is 10.9. The van der Waals surface area contributed by atoms with Crippen molar-refractivity contribution in [2.24, 2.45) is 0 Å². The van der Waals surface area contributed by atoms with E-state index >= 15 is 0 Å². The van der Waals surface area contributed by atoms with Crippen LogP contribution in [0.3, 0.4) is 0 Å². The van der Waals surface area contributed by atoms with Crippen LogP contribution in [-0.4, -0.2) is 24.7 Å². The molecular formula is C23H21Cl2FN6S. The molecule has 0 fully saturated rings. The van der Waals surface area contributed by atoms with E-state index in [1.165, 1.54) is 12.1 Å². The lowest BCUT2D eigenvalue weighted by Gasteiger charge is -2.10. The van der Waals surface area contributed by atoms with E-state index in [1.54, 1.807) is 29.1 Å². The van der Waals surface area contributed by atoms with Gasteiger partial charge >= 0.3 is 0 Å². The van der Waals surface area contributed by atoms with Gasteiger partial charge in [0.25, 0.3) is 0 Å². The molecule has 2 N–H and O–H groups in total. The Kier molecular flexibility index (Phi) is 6.97. The number of aromatic nitrogens is 4. The highest BCUT2D eigenvalue weighted by atomic mass is 35.5. The van der Waals surface area contributed by atoms with Gasteiger partial charge in [0.15, 0.2) is 5.11 Å². The Morgan fingerprint density at radius 1 is 1.06 bits per heavy atom. The number of anilines is 2. The first-order chi connectivity index (χ1) is 15.8. The second-order valence-electron chi connectivity index (χ2n) is 7.57. The molecule has 0 radical (unpaired) electrons. The van der Waals surface area contributed by atoms with Gasteiger partial charge in [-0.2, -0.15) is 10.2 Å². The van der Waals surface area contributed by atoms with Crippen molar-refractivity contribution in [2.75, 3.05) is 10.6 Å². The van der Waals surface area contributed by atoms with Gasteiger partial charge in [0.1, 0.15) is 5.82 Å². The summed E-state index contributed by atoms with van der Waals surface area (Å²) < 4.78 is 16.7. The van der Waals surface area contributed by atoms with E-state index in [1.807, 2.05) is 36.9 Å². The molecule has 33 heavy (non-hydrogen) atoms. The minimum Gasteiger partial charge on any atom is -0.330 e. The van der Waals surface area contributed by atoms with Crippen LogP contribution in [0.25, 0.3) is 0 Å². The highest BCUT2D eigenvalue weighted by Crippen LogP contribution is 2.25. The van der Waals surface area contributed by atoms with Crippen molar-refractivity contribution < 1.29 is 4.39 Å². The van der Waals surface area contributed by atoms with Crippen molar-refractivity contribution in [3.8, 4) is 0 Å². The van der Waals surface area contributed by atoms with Crippen LogP contribution in [0, 0.1) is 19.7 Å². The predicted molar refractivity (Wildman–Crippen MR) is 135 cm³/mol. The van der Waals surface area contributed by atoms with Gasteiger partial charge in [-0.25, -0.2) is 4.39 Å². The van der Waals surface area contributed by atoms with Crippen molar-refractivity contribution in [3.63, 3.8) is 0 Å². The van der Waals surface area contributed by atoms with Crippen LogP contribution in [0.4, 0.5) is 15.8 Å². The highest BCUT2D eigenvalue weighted by molar-refractivity contribution is 7.80. The van der Waals surface area contributed by atoms with Crippen molar-refractivity contribution >= 4 is 51.9 Å². The Labute approximate surface area is 206 Å². The molecule has 0 spiro atoms. The first-order valence-electron chi connectivity index (χ1n) is 10.1. The Morgan fingerprint density at radius 2 is 1.82 bits per heavy atom. The molecule has 4 aromatic rings. The Balaban J connectivity index is 1.40. The number of rotatable bonds is 6. The zero-order chi connectivity index (χ0) is 23.5. The average Bonchev–Trinajstić information content (AvgIpc) is 3.30. The molecule has 0 atom stereocenters. The first kappa shape index (κ1) is 23.2. The minimum absolute atomic E-state index is 0.261. The van der Waals surface area contributed by atoms with Crippen LogP contribution in [0.5, 0.6) is 0 Å². The molecule has 0 amide bonds. The molecule has 170 valence electrons. The Hall–Kier alpha value is -2.94. The average molecular weight is 503 g/mol. The van der Waals surface area contributed by atoms with Gasteiger partial charge in [-0.1, -0.05) is 41.4 Å². The summed E-state index contributed by atoms with van der Waals surface area (Å²) in [6.45, 7) is 4.93. The van der Waals surface area contributed by atoms with Crippen LogP contribution in [0.1, 0.15) is 22.5 Å². The smallest absolute Gasteiger partial charge is 0.175 e. The monoisotopic (exact) mass is 502 g/mol. The van der Waals surface area contributed by atoms with E-state index in [0.29, 0.717) is 28.2 Å². The minimum atomic E-state index is -0.261. The third-order valence-corrected chi connectivity index (χ3v) is 5.90. The number of benzene rings is 2. The molecule has 6 nitrogen and oxygen atoms in total. The topological polar surface area (TPSA) is 59.7 Å². The number of hydrogen-bond acceptors (Lipinski definition) is 3. The van der Waals surface area contributed by atoms with Crippen LogP contribution >= 0.6 is 35.4 Å². The van der Waals surface area contributed by atoms with E-state index < -0.39 is 0 Å². The molecule has 0 bridgehead atoms. The molecule has 0 saturated heterocycles. The number of halogens is 3. The summed E-state index contributed by atoms with van der Waals surface area (Å²) in [5.74, 6) is -0.261. The lowest BCUT2D eigenvalue weighted by Crippen LogP contribution is -2.19. The van der Waals surface area contributed by atoms with Crippen molar-refractivity contribution in [1.29, 1.82) is 0 Å². The SMILES string of the molecule is Cc1nn(Cc2ccc(Cl)cc2Cl)c(C)c1NC(=S)Nc1cnn(Cc2ccc(F)cc2)c1. The van der Waals surface area contributed by atoms with Crippen LogP contribution in [0.2, 0.25) is 10.0 Å². The fraction of sp³-hybridized carbons (Fsp3) is 0.174. The molecule has 2 aromatic carbocycles. The first-order valence-corrected chi connectivity index (χ1v) is 11.3. The van der Waals surface area contributed by atoms with Gasteiger partial charge in [0, 0.05) is 16.2 Å². The second-order valence-corrected chi connectivity index (χ2v) is 8.82. The molecular weight excluding hydrogens is 482 g/mol. The fourth-order valence-corrected chi connectivity index (χ4v) is 4.10. The molecule has 0 aliphatic heterocycles. The van der Waals surface area contributed by atoms with E-state index in [-0.39, 0.29) is 5.82 Å². The summed E-state index contributed by atoms with van der Waals surface area (Å²) in [6, 6.07) is 11.8. The van der Waals surface area contributed by atoms with E-state index in [9.17, 15) is 4.39 Å². The molecule has 10 heteroatoms. The third kappa shape index (κ3) is 5.71. The number of aryl methyl sites for hydroxylation is 1. The molecule has 2 heterocycles. The summed E-state index contributed by atoms with van der Waals surface area (Å²) in [6.07, 6.45) is 3.52. The van der Waals surface area contributed by atoms with Gasteiger partial charge in [-0.15, -0.1) is 0 Å². The summed E-state index contributed by atoms with van der Waals surface area (Å²) in [5.41, 5.74) is 5.18. The van der Waals surface area contributed by atoms with E-state index in [4.69, 9.17) is 35.4 Å². The van der Waals surface area contributed by atoms with Crippen molar-refractivity contribution in [1.82, 2.24) is 19.6 Å². The summed E-state index contributed by atoms with van der Waals surface area (Å²) >= 11 is 17.8. The molecule has 4 rings (SSSR count). The lowest BCUT2D eigenvalue weighted by molar-refractivity contribution is 0.624. The van der Waals surface area contributed by atoms with Crippen molar-refractivity contribution in [3.05, 3.63) is 93.2 Å². The Morgan fingerprint density at radius 3 is 2.55 bits per heavy atom. The quantitative estimate of drug-likeness (QED) is 0.314. The summed E-state index contributed by atoms with van der Waals surface area (Å²) in [4.78, 5) is 0. The summed E-state index contributed by atoms with van der Waals surface area (Å²) in [5, 5.41) is 16.9. The van der Waals surface area contributed by atoms with Crippen LogP contribution in [-0.2, 0) is 13.1 Å². The molecule has 0 aliphatic carbocycles. The predicted octanol–water partition coefficient (Wildman–Crippen LogP) is 6.05. The fourth-order valence-electron chi connectivity index (χ4n) is 3.41. The second kappa shape index (κ2) is 9.91. The van der Waals surface area contributed by atoms with Gasteiger partial charge in [-0.3, -0.25) is 9.36 Å². The maximum absolute atomic E-state index is 13.1.